The molecular weight excluding hydrogens is 272 g/mol. The van der Waals surface area contributed by atoms with Gasteiger partial charge in [0, 0.05) is 14.1 Å². The first-order chi connectivity index (χ1) is 10.1. The number of aryl methyl sites for hydroxylation is 1. The number of rotatable bonds is 7. The van der Waals surface area contributed by atoms with E-state index in [1.54, 1.807) is 13.4 Å². The molecule has 0 fully saturated rings. The van der Waals surface area contributed by atoms with Crippen molar-refractivity contribution in [3.05, 3.63) is 12.2 Å². The van der Waals surface area contributed by atoms with Gasteiger partial charge < -0.3 is 19.9 Å². The van der Waals surface area contributed by atoms with E-state index in [0.717, 1.165) is 12.2 Å². The van der Waals surface area contributed by atoms with E-state index in [1.807, 2.05) is 25.5 Å². The van der Waals surface area contributed by atoms with E-state index in [9.17, 15) is 0 Å². The Morgan fingerprint density at radius 1 is 1.29 bits per heavy atom. The zero-order valence-corrected chi connectivity index (χ0v) is 12.7. The SMILES string of the molecule is CCCOc1nc(NC)nc(NC(C)c2nncn2C)n1. The van der Waals surface area contributed by atoms with Crippen molar-refractivity contribution in [3.8, 4) is 6.01 Å². The van der Waals surface area contributed by atoms with Crippen LogP contribution in [0.3, 0.4) is 0 Å². The van der Waals surface area contributed by atoms with Gasteiger partial charge in [0.1, 0.15) is 6.33 Å². The Balaban J connectivity index is 2.16. The summed E-state index contributed by atoms with van der Waals surface area (Å²) < 4.78 is 7.30. The van der Waals surface area contributed by atoms with E-state index in [0.29, 0.717) is 24.5 Å². The van der Waals surface area contributed by atoms with Gasteiger partial charge in [0.25, 0.3) is 0 Å². The average Bonchev–Trinajstić information content (AvgIpc) is 2.91. The predicted octanol–water partition coefficient (Wildman–Crippen LogP) is 1.00. The van der Waals surface area contributed by atoms with E-state index < -0.39 is 0 Å². The molecule has 0 aromatic carbocycles. The molecular formula is C12H20N8O. The maximum Gasteiger partial charge on any atom is 0.323 e. The Hall–Kier alpha value is -2.45. The van der Waals surface area contributed by atoms with Crippen LogP contribution in [0, 0.1) is 0 Å². The van der Waals surface area contributed by atoms with E-state index in [2.05, 4.69) is 35.8 Å². The highest BCUT2D eigenvalue weighted by Gasteiger charge is 2.14. The lowest BCUT2D eigenvalue weighted by Crippen LogP contribution is -2.15. The van der Waals surface area contributed by atoms with Gasteiger partial charge in [-0.3, -0.25) is 0 Å². The largest absolute Gasteiger partial charge is 0.463 e. The smallest absolute Gasteiger partial charge is 0.323 e. The Kier molecular flexibility index (Phi) is 4.85. The van der Waals surface area contributed by atoms with Gasteiger partial charge in [-0.05, 0) is 13.3 Å². The van der Waals surface area contributed by atoms with Crippen molar-refractivity contribution in [1.29, 1.82) is 0 Å². The molecule has 0 saturated carbocycles. The Morgan fingerprint density at radius 2 is 2.05 bits per heavy atom. The molecule has 2 N–H and O–H groups in total. The molecule has 0 aliphatic rings. The summed E-state index contributed by atoms with van der Waals surface area (Å²) in [7, 11) is 3.63. The van der Waals surface area contributed by atoms with Crippen LogP contribution in [-0.4, -0.2) is 43.4 Å². The van der Waals surface area contributed by atoms with Crippen LogP contribution < -0.4 is 15.4 Å². The van der Waals surface area contributed by atoms with Gasteiger partial charge in [-0.2, -0.15) is 15.0 Å². The Morgan fingerprint density at radius 3 is 2.67 bits per heavy atom. The van der Waals surface area contributed by atoms with Gasteiger partial charge in [-0.25, -0.2) is 0 Å². The fourth-order valence-electron chi connectivity index (χ4n) is 1.73. The molecule has 0 saturated heterocycles. The second-order valence-electron chi connectivity index (χ2n) is 4.53. The van der Waals surface area contributed by atoms with Crippen molar-refractivity contribution in [2.45, 2.75) is 26.3 Å². The molecule has 2 aromatic heterocycles. The lowest BCUT2D eigenvalue weighted by Gasteiger charge is -2.14. The third-order valence-corrected chi connectivity index (χ3v) is 2.75. The van der Waals surface area contributed by atoms with Crippen molar-refractivity contribution in [2.75, 3.05) is 24.3 Å². The minimum Gasteiger partial charge on any atom is -0.463 e. The van der Waals surface area contributed by atoms with Crippen molar-refractivity contribution in [2.24, 2.45) is 7.05 Å². The van der Waals surface area contributed by atoms with Crippen LogP contribution in [0.1, 0.15) is 32.1 Å². The molecule has 0 radical (unpaired) electrons. The summed E-state index contributed by atoms with van der Waals surface area (Å²) >= 11 is 0. The van der Waals surface area contributed by atoms with Gasteiger partial charge in [0.15, 0.2) is 5.82 Å². The molecule has 2 aromatic rings. The topological polar surface area (TPSA) is 103 Å². The van der Waals surface area contributed by atoms with E-state index in [-0.39, 0.29) is 6.04 Å². The quantitative estimate of drug-likeness (QED) is 0.779. The Labute approximate surface area is 123 Å². The van der Waals surface area contributed by atoms with E-state index in [4.69, 9.17) is 4.74 Å². The lowest BCUT2D eigenvalue weighted by molar-refractivity contribution is 0.292. The normalized spacial score (nSPS) is 12.0. The second kappa shape index (κ2) is 6.82. The molecule has 0 amide bonds. The monoisotopic (exact) mass is 292 g/mol. The minimum absolute atomic E-state index is 0.0939. The summed E-state index contributed by atoms with van der Waals surface area (Å²) in [5.41, 5.74) is 0. The van der Waals surface area contributed by atoms with Gasteiger partial charge in [-0.1, -0.05) is 6.92 Å². The van der Waals surface area contributed by atoms with Gasteiger partial charge >= 0.3 is 6.01 Å². The molecule has 0 bridgehead atoms. The zero-order chi connectivity index (χ0) is 15.2. The maximum atomic E-state index is 5.46. The predicted molar refractivity (Wildman–Crippen MR) is 78.2 cm³/mol. The lowest BCUT2D eigenvalue weighted by atomic mass is 10.3. The molecule has 114 valence electrons. The van der Waals surface area contributed by atoms with Crippen LogP contribution in [0.25, 0.3) is 0 Å². The Bertz CT molecular complexity index is 584. The van der Waals surface area contributed by atoms with Crippen LogP contribution in [0.2, 0.25) is 0 Å². The van der Waals surface area contributed by atoms with Crippen LogP contribution in [0.5, 0.6) is 6.01 Å². The molecule has 0 aliphatic carbocycles. The second-order valence-corrected chi connectivity index (χ2v) is 4.53. The fourth-order valence-corrected chi connectivity index (χ4v) is 1.73. The first kappa shape index (κ1) is 14.9. The van der Waals surface area contributed by atoms with Crippen LogP contribution in [0.15, 0.2) is 6.33 Å². The number of anilines is 2. The fraction of sp³-hybridized carbons (Fsp3) is 0.583. The summed E-state index contributed by atoms with van der Waals surface area (Å²) in [6, 6.07) is 0.201. The summed E-state index contributed by atoms with van der Waals surface area (Å²) in [5, 5.41) is 14.0. The first-order valence-corrected chi connectivity index (χ1v) is 6.81. The van der Waals surface area contributed by atoms with Crippen molar-refractivity contribution < 1.29 is 4.74 Å². The van der Waals surface area contributed by atoms with Gasteiger partial charge in [0.05, 0.1) is 12.6 Å². The van der Waals surface area contributed by atoms with E-state index in [1.165, 1.54) is 0 Å². The van der Waals surface area contributed by atoms with Crippen LogP contribution in [-0.2, 0) is 7.05 Å². The standard InChI is InChI=1S/C12H20N8O/c1-5-6-21-12-17-10(13-3)16-11(18-12)15-8(2)9-19-14-7-20(9)4/h7-8H,5-6H2,1-4H3,(H2,13,15,16,17,18). The molecule has 0 aliphatic heterocycles. The molecule has 21 heavy (non-hydrogen) atoms. The highest BCUT2D eigenvalue weighted by molar-refractivity contribution is 5.36. The number of nitrogens with zero attached hydrogens (tertiary/aromatic N) is 6. The maximum absolute atomic E-state index is 5.46. The molecule has 1 atom stereocenters. The molecule has 1 unspecified atom stereocenters. The van der Waals surface area contributed by atoms with E-state index >= 15 is 0 Å². The summed E-state index contributed by atoms with van der Waals surface area (Å²) in [5.74, 6) is 1.66. The van der Waals surface area contributed by atoms with Crippen molar-refractivity contribution in [3.63, 3.8) is 0 Å². The summed E-state index contributed by atoms with van der Waals surface area (Å²) in [6.07, 6.45) is 2.54. The first-order valence-electron chi connectivity index (χ1n) is 6.81. The van der Waals surface area contributed by atoms with Crippen LogP contribution in [0.4, 0.5) is 11.9 Å². The average molecular weight is 292 g/mol. The highest BCUT2D eigenvalue weighted by atomic mass is 16.5. The summed E-state index contributed by atoms with van der Waals surface area (Å²) in [4.78, 5) is 12.7. The molecule has 0 spiro atoms. The summed E-state index contributed by atoms with van der Waals surface area (Å²) in [6.45, 7) is 4.54. The molecule has 2 rings (SSSR count). The molecule has 2 heterocycles. The van der Waals surface area contributed by atoms with Crippen LogP contribution >= 0.6 is 0 Å². The van der Waals surface area contributed by atoms with Crippen molar-refractivity contribution >= 4 is 11.9 Å². The number of hydrogen-bond donors (Lipinski definition) is 2. The number of hydrogen-bond acceptors (Lipinski definition) is 8. The highest BCUT2D eigenvalue weighted by Crippen LogP contribution is 2.17. The molecule has 9 nitrogen and oxygen atoms in total. The van der Waals surface area contributed by atoms with Crippen molar-refractivity contribution in [1.82, 2.24) is 29.7 Å². The molecule has 9 heteroatoms. The van der Waals surface area contributed by atoms with Gasteiger partial charge in [0.2, 0.25) is 11.9 Å². The third-order valence-electron chi connectivity index (χ3n) is 2.75. The zero-order valence-electron chi connectivity index (χ0n) is 12.7. The number of nitrogens with one attached hydrogen (secondary N) is 2. The third kappa shape index (κ3) is 3.77. The number of aromatic nitrogens is 6. The number of ether oxygens (including phenoxy) is 1. The van der Waals surface area contributed by atoms with Gasteiger partial charge in [-0.15, -0.1) is 10.2 Å². The minimum atomic E-state index is -0.0939.